The Balaban J connectivity index is 1.06. The summed E-state index contributed by atoms with van der Waals surface area (Å²) in [4.78, 5) is 46.9. The molecule has 12 nitrogen and oxygen atoms in total. The van der Waals surface area contributed by atoms with Crippen LogP contribution in [0.25, 0.3) is 44.2 Å². The lowest BCUT2D eigenvalue weighted by atomic mass is 10.00. The third kappa shape index (κ3) is 5.84. The molecule has 1 amide bonds. The van der Waals surface area contributed by atoms with Gasteiger partial charge in [0, 0.05) is 48.3 Å². The average molecular weight is 629 g/mol. The molecule has 0 unspecified atom stereocenters. The molecule has 0 bridgehead atoms. The van der Waals surface area contributed by atoms with Crippen LogP contribution in [0.15, 0.2) is 82.3 Å². The minimum atomic E-state index is -0.410. The predicted molar refractivity (Wildman–Crippen MR) is 181 cm³/mol. The molecular weight excluding hydrogens is 596 g/mol. The third-order valence-corrected chi connectivity index (χ3v) is 8.18. The number of nitrogens with zero attached hydrogens (tertiary/aromatic N) is 4. The molecule has 3 aromatic carbocycles. The first-order chi connectivity index (χ1) is 22.7. The van der Waals surface area contributed by atoms with E-state index in [4.69, 9.17) is 14.9 Å². The van der Waals surface area contributed by atoms with Crippen LogP contribution in [0.4, 0.5) is 11.6 Å². The Morgan fingerprint density at radius 3 is 2.55 bits per heavy atom. The molecule has 12 heteroatoms. The van der Waals surface area contributed by atoms with Gasteiger partial charge in [-0.25, -0.2) is 9.78 Å². The van der Waals surface area contributed by atoms with E-state index in [2.05, 4.69) is 30.2 Å². The molecule has 4 heterocycles. The minimum absolute atomic E-state index is 0.0871. The Hall–Kier alpha value is -6.17. The lowest BCUT2D eigenvalue weighted by Gasteiger charge is -2.12. The van der Waals surface area contributed by atoms with Crippen LogP contribution in [0.3, 0.4) is 0 Å². The van der Waals surface area contributed by atoms with Gasteiger partial charge in [0.15, 0.2) is 5.65 Å². The van der Waals surface area contributed by atoms with Gasteiger partial charge in [0.2, 0.25) is 17.7 Å². The van der Waals surface area contributed by atoms with Gasteiger partial charge in [-0.1, -0.05) is 36.4 Å². The van der Waals surface area contributed by atoms with Crippen molar-refractivity contribution in [2.24, 2.45) is 0 Å². The number of anilines is 2. The summed E-state index contributed by atoms with van der Waals surface area (Å²) < 4.78 is 11.6. The van der Waals surface area contributed by atoms with Gasteiger partial charge in [-0.05, 0) is 59.5 Å². The van der Waals surface area contributed by atoms with Crippen LogP contribution in [-0.4, -0.2) is 44.9 Å². The predicted octanol–water partition coefficient (Wildman–Crippen LogP) is 5.00. The number of carbonyl (C=O) groups excluding carboxylic acids is 1. The van der Waals surface area contributed by atoms with E-state index in [-0.39, 0.29) is 24.9 Å². The van der Waals surface area contributed by atoms with Gasteiger partial charge in [0.25, 0.3) is 0 Å². The molecule has 0 aliphatic carbocycles. The standard InChI is InChI=1S/C35H32N8O4/c1-19-24(30-26-14-25(22-8-10-23(11-9-22)43(2)3)34(45)47-28(26)13-12-27(30)40-19)15-29(44)37-16-20-4-6-21(7-5-20)17-46-33-31-32(39-18-38-31)41-35(36)42-33/h4-14,18,40H,15-17H2,1-3H3,(H,37,44)(H3,36,38,39,41,42). The summed E-state index contributed by atoms with van der Waals surface area (Å²) in [7, 11) is 3.93. The minimum Gasteiger partial charge on any atom is -0.471 e. The zero-order chi connectivity index (χ0) is 32.7. The fourth-order valence-electron chi connectivity index (χ4n) is 5.70. The van der Waals surface area contributed by atoms with E-state index in [1.165, 1.54) is 6.33 Å². The summed E-state index contributed by atoms with van der Waals surface area (Å²) >= 11 is 0. The van der Waals surface area contributed by atoms with Crippen molar-refractivity contribution in [2.45, 2.75) is 26.5 Å². The van der Waals surface area contributed by atoms with Crippen molar-refractivity contribution >= 4 is 50.6 Å². The van der Waals surface area contributed by atoms with Crippen molar-refractivity contribution in [3.63, 3.8) is 0 Å². The van der Waals surface area contributed by atoms with Crippen molar-refractivity contribution in [3.05, 3.63) is 106 Å². The zero-order valence-electron chi connectivity index (χ0n) is 26.0. The number of imidazole rings is 1. The lowest BCUT2D eigenvalue weighted by molar-refractivity contribution is -0.120. The topological polar surface area (TPSA) is 168 Å². The fraction of sp³-hybridized carbons (Fsp3) is 0.171. The van der Waals surface area contributed by atoms with E-state index in [0.717, 1.165) is 49.9 Å². The number of nitrogens with one attached hydrogen (secondary N) is 3. The van der Waals surface area contributed by atoms with Crippen molar-refractivity contribution in [1.82, 2.24) is 30.2 Å². The number of hydrogen-bond acceptors (Lipinski definition) is 9. The summed E-state index contributed by atoms with van der Waals surface area (Å²) in [5.74, 6) is 0.294. The number of benzene rings is 3. The SMILES string of the molecule is Cc1[nH]c2ccc3oc(=O)c(-c4ccc(N(C)C)cc4)cc3c2c1CC(=O)NCc1ccc(COc2nc(N)nc3nc[nH]c23)cc1. The monoisotopic (exact) mass is 628 g/mol. The Morgan fingerprint density at radius 2 is 1.79 bits per heavy atom. The van der Waals surface area contributed by atoms with E-state index in [9.17, 15) is 9.59 Å². The van der Waals surface area contributed by atoms with Crippen LogP contribution in [0.1, 0.15) is 22.4 Å². The molecule has 0 saturated carbocycles. The Bertz CT molecular complexity index is 2320. The summed E-state index contributed by atoms with van der Waals surface area (Å²) in [6.45, 7) is 2.58. The molecule has 4 aromatic heterocycles. The number of aryl methyl sites for hydroxylation is 1. The number of nitrogen functional groups attached to an aromatic ring is 1. The number of carbonyl (C=O) groups is 1. The van der Waals surface area contributed by atoms with E-state index >= 15 is 0 Å². The van der Waals surface area contributed by atoms with Gasteiger partial charge in [0.05, 0.1) is 18.3 Å². The smallest absolute Gasteiger partial charge is 0.344 e. The molecule has 0 atom stereocenters. The number of nitrogens with two attached hydrogens (primary N) is 1. The molecule has 7 rings (SSSR count). The van der Waals surface area contributed by atoms with Gasteiger partial charge in [-0.3, -0.25) is 4.79 Å². The van der Waals surface area contributed by atoms with E-state index < -0.39 is 5.63 Å². The lowest BCUT2D eigenvalue weighted by Crippen LogP contribution is -2.24. The summed E-state index contributed by atoms with van der Waals surface area (Å²) in [6.07, 6.45) is 1.67. The zero-order valence-corrected chi connectivity index (χ0v) is 26.0. The highest BCUT2D eigenvalue weighted by Gasteiger charge is 2.18. The number of ether oxygens (including phenoxy) is 1. The molecule has 0 radical (unpaired) electrons. The number of H-pyrrole nitrogens is 2. The second kappa shape index (κ2) is 12.0. The first kappa shape index (κ1) is 29.5. The van der Waals surface area contributed by atoms with Crippen molar-refractivity contribution in [1.29, 1.82) is 0 Å². The molecule has 47 heavy (non-hydrogen) atoms. The summed E-state index contributed by atoms with van der Waals surface area (Å²) in [6, 6.07) is 21.0. The quantitative estimate of drug-likeness (QED) is 0.161. The molecule has 236 valence electrons. The van der Waals surface area contributed by atoms with E-state index in [1.807, 2.05) is 86.6 Å². The summed E-state index contributed by atoms with van der Waals surface area (Å²) in [5, 5.41) is 4.68. The molecular formula is C35H32N8O4. The van der Waals surface area contributed by atoms with Crippen LogP contribution in [0.2, 0.25) is 0 Å². The molecule has 0 aliphatic heterocycles. The highest BCUT2D eigenvalue weighted by molar-refractivity contribution is 6.09. The third-order valence-electron chi connectivity index (χ3n) is 8.18. The van der Waals surface area contributed by atoms with Gasteiger partial charge in [-0.15, -0.1) is 0 Å². The highest BCUT2D eigenvalue weighted by Crippen LogP contribution is 2.33. The second-order valence-electron chi connectivity index (χ2n) is 11.6. The number of aromatic amines is 2. The van der Waals surface area contributed by atoms with Crippen molar-refractivity contribution in [3.8, 4) is 17.0 Å². The second-order valence-corrected chi connectivity index (χ2v) is 11.6. The normalized spacial score (nSPS) is 11.4. The number of rotatable bonds is 9. The van der Waals surface area contributed by atoms with Gasteiger partial charge < -0.3 is 35.1 Å². The molecule has 7 aromatic rings. The largest absolute Gasteiger partial charge is 0.471 e. The molecule has 0 saturated heterocycles. The maximum atomic E-state index is 13.2. The van der Waals surface area contributed by atoms with E-state index in [0.29, 0.717) is 34.7 Å². The number of aromatic nitrogens is 5. The first-order valence-electron chi connectivity index (χ1n) is 15.0. The van der Waals surface area contributed by atoms with Crippen LogP contribution >= 0.6 is 0 Å². The van der Waals surface area contributed by atoms with Crippen LogP contribution in [0, 0.1) is 6.92 Å². The number of amides is 1. The van der Waals surface area contributed by atoms with Crippen molar-refractivity contribution in [2.75, 3.05) is 24.7 Å². The summed E-state index contributed by atoms with van der Waals surface area (Å²) in [5.41, 5.74) is 13.6. The average Bonchev–Trinajstić information content (AvgIpc) is 3.66. The maximum Gasteiger partial charge on any atom is 0.344 e. The molecule has 0 fully saturated rings. The van der Waals surface area contributed by atoms with Gasteiger partial charge >= 0.3 is 5.63 Å². The first-order valence-corrected chi connectivity index (χ1v) is 15.0. The van der Waals surface area contributed by atoms with Crippen molar-refractivity contribution < 1.29 is 13.9 Å². The van der Waals surface area contributed by atoms with Crippen LogP contribution < -0.4 is 26.3 Å². The van der Waals surface area contributed by atoms with Crippen LogP contribution in [0.5, 0.6) is 5.88 Å². The Morgan fingerprint density at radius 1 is 1.02 bits per heavy atom. The Kier molecular flexibility index (Phi) is 7.52. The fourth-order valence-corrected chi connectivity index (χ4v) is 5.70. The Labute approximate surface area is 268 Å². The molecule has 0 spiro atoms. The molecule has 5 N–H and O–H groups in total. The maximum absolute atomic E-state index is 13.2. The van der Waals surface area contributed by atoms with E-state index in [1.54, 1.807) is 6.07 Å². The molecule has 0 aliphatic rings. The van der Waals surface area contributed by atoms with Gasteiger partial charge in [-0.2, -0.15) is 9.97 Å². The van der Waals surface area contributed by atoms with Crippen LogP contribution in [-0.2, 0) is 24.4 Å². The number of fused-ring (bicyclic) bond motifs is 4. The highest BCUT2D eigenvalue weighted by atomic mass is 16.5. The van der Waals surface area contributed by atoms with Gasteiger partial charge in [0.1, 0.15) is 17.7 Å². The number of hydrogen-bond donors (Lipinski definition) is 4.